The van der Waals surface area contributed by atoms with E-state index in [-0.39, 0.29) is 17.9 Å². The molecule has 1 aliphatic carbocycles. The van der Waals surface area contributed by atoms with Crippen molar-refractivity contribution in [1.29, 1.82) is 0 Å². The van der Waals surface area contributed by atoms with Gasteiger partial charge in [0.15, 0.2) is 11.5 Å². The lowest BCUT2D eigenvalue weighted by Crippen LogP contribution is -2.37. The molecule has 0 bridgehead atoms. The normalized spacial score (nSPS) is 16.9. The molecule has 0 atom stereocenters. The van der Waals surface area contributed by atoms with E-state index in [1.165, 1.54) is 12.0 Å². The summed E-state index contributed by atoms with van der Waals surface area (Å²) in [6.07, 6.45) is 9.39. The number of carbonyl (C=O) groups is 2. The van der Waals surface area contributed by atoms with E-state index in [2.05, 4.69) is 22.5 Å². The maximum atomic E-state index is 12.9. The fourth-order valence-electron chi connectivity index (χ4n) is 4.41. The SMILES string of the molecule is CCc1ccc(NC(=O)c2nc(C(=O)NC3CCCCC3)n3c2CCCC3)cc1. The summed E-state index contributed by atoms with van der Waals surface area (Å²) in [4.78, 5) is 30.4. The number of carbonyl (C=O) groups excluding carboxylic acids is 2. The molecule has 1 fully saturated rings. The lowest BCUT2D eigenvalue weighted by atomic mass is 9.95. The standard InChI is InChI=1S/C23H30N4O2/c1-2-16-11-13-18(14-12-16)24-22(28)20-19-10-6-7-15-27(19)21(26-20)23(29)25-17-8-4-3-5-9-17/h11-14,17H,2-10,15H2,1H3,(H,24,28)(H,25,29). The number of hydrogen-bond acceptors (Lipinski definition) is 3. The Morgan fingerprint density at radius 3 is 2.52 bits per heavy atom. The van der Waals surface area contributed by atoms with E-state index in [0.717, 1.165) is 69.3 Å². The Balaban J connectivity index is 1.54. The van der Waals surface area contributed by atoms with Crippen molar-refractivity contribution in [2.24, 2.45) is 0 Å². The van der Waals surface area contributed by atoms with Crippen LogP contribution in [0, 0.1) is 0 Å². The molecule has 1 aromatic heterocycles. The molecule has 2 aromatic rings. The number of aromatic nitrogens is 2. The van der Waals surface area contributed by atoms with E-state index in [4.69, 9.17) is 0 Å². The number of amides is 2. The minimum atomic E-state index is -0.239. The van der Waals surface area contributed by atoms with E-state index < -0.39 is 0 Å². The first-order valence-corrected chi connectivity index (χ1v) is 11.0. The number of fused-ring (bicyclic) bond motifs is 1. The highest BCUT2D eigenvalue weighted by Crippen LogP contribution is 2.23. The topological polar surface area (TPSA) is 76.0 Å². The molecule has 0 radical (unpaired) electrons. The quantitative estimate of drug-likeness (QED) is 0.802. The number of hydrogen-bond donors (Lipinski definition) is 2. The van der Waals surface area contributed by atoms with Gasteiger partial charge in [0, 0.05) is 18.3 Å². The van der Waals surface area contributed by atoms with Gasteiger partial charge in [-0.2, -0.15) is 0 Å². The number of nitrogens with one attached hydrogen (secondary N) is 2. The molecule has 29 heavy (non-hydrogen) atoms. The number of imidazole rings is 1. The van der Waals surface area contributed by atoms with Gasteiger partial charge in [-0.05, 0) is 56.2 Å². The van der Waals surface area contributed by atoms with Crippen molar-refractivity contribution in [3.05, 3.63) is 47.0 Å². The van der Waals surface area contributed by atoms with Crippen molar-refractivity contribution >= 4 is 17.5 Å². The van der Waals surface area contributed by atoms with E-state index in [9.17, 15) is 9.59 Å². The molecule has 6 heteroatoms. The summed E-state index contributed by atoms with van der Waals surface area (Å²) in [6.45, 7) is 2.85. The molecule has 154 valence electrons. The van der Waals surface area contributed by atoms with Crippen molar-refractivity contribution in [3.8, 4) is 0 Å². The van der Waals surface area contributed by atoms with Crippen molar-refractivity contribution in [1.82, 2.24) is 14.9 Å². The summed E-state index contributed by atoms with van der Waals surface area (Å²) < 4.78 is 1.96. The summed E-state index contributed by atoms with van der Waals surface area (Å²) in [6, 6.07) is 8.08. The molecule has 1 aromatic carbocycles. The van der Waals surface area contributed by atoms with Crippen LogP contribution in [0.4, 0.5) is 5.69 Å². The number of benzene rings is 1. The molecule has 2 N–H and O–H groups in total. The molecule has 0 spiro atoms. The number of nitrogens with zero attached hydrogens (tertiary/aromatic N) is 2. The number of aryl methyl sites for hydroxylation is 1. The van der Waals surface area contributed by atoms with Crippen LogP contribution < -0.4 is 10.6 Å². The minimum Gasteiger partial charge on any atom is -0.347 e. The Hall–Kier alpha value is -2.63. The molecule has 2 aliphatic rings. The summed E-state index contributed by atoms with van der Waals surface area (Å²) in [5.41, 5.74) is 3.24. The Kier molecular flexibility index (Phi) is 5.97. The highest BCUT2D eigenvalue weighted by atomic mass is 16.2. The maximum Gasteiger partial charge on any atom is 0.287 e. The van der Waals surface area contributed by atoms with Crippen LogP contribution in [-0.4, -0.2) is 27.4 Å². The molecule has 1 aliphatic heterocycles. The average Bonchev–Trinajstić information content (AvgIpc) is 3.15. The van der Waals surface area contributed by atoms with E-state index >= 15 is 0 Å². The molecule has 2 amide bonds. The highest BCUT2D eigenvalue weighted by molar-refractivity contribution is 6.05. The molecule has 1 saturated carbocycles. The first-order chi connectivity index (χ1) is 14.2. The van der Waals surface area contributed by atoms with Gasteiger partial charge in [0.25, 0.3) is 11.8 Å². The lowest BCUT2D eigenvalue weighted by molar-refractivity contribution is 0.0911. The van der Waals surface area contributed by atoms with Crippen LogP contribution in [0.5, 0.6) is 0 Å². The third-order valence-electron chi connectivity index (χ3n) is 6.10. The van der Waals surface area contributed by atoms with Crippen LogP contribution in [0.2, 0.25) is 0 Å². The van der Waals surface area contributed by atoms with Crippen LogP contribution >= 0.6 is 0 Å². The van der Waals surface area contributed by atoms with Gasteiger partial charge in [0.2, 0.25) is 0 Å². The zero-order valence-electron chi connectivity index (χ0n) is 17.2. The fourth-order valence-corrected chi connectivity index (χ4v) is 4.41. The average molecular weight is 395 g/mol. The summed E-state index contributed by atoms with van der Waals surface area (Å²) >= 11 is 0. The largest absolute Gasteiger partial charge is 0.347 e. The first kappa shape index (κ1) is 19.7. The third-order valence-corrected chi connectivity index (χ3v) is 6.10. The molecule has 4 rings (SSSR count). The van der Waals surface area contributed by atoms with Crippen molar-refractivity contribution in [3.63, 3.8) is 0 Å². The number of anilines is 1. The Bertz CT molecular complexity index is 879. The maximum absolute atomic E-state index is 12.9. The molecular weight excluding hydrogens is 364 g/mol. The van der Waals surface area contributed by atoms with Gasteiger partial charge in [0.05, 0.1) is 5.69 Å². The monoisotopic (exact) mass is 394 g/mol. The van der Waals surface area contributed by atoms with Crippen LogP contribution in [-0.2, 0) is 19.4 Å². The van der Waals surface area contributed by atoms with Gasteiger partial charge in [-0.1, -0.05) is 38.3 Å². The van der Waals surface area contributed by atoms with E-state index in [1.807, 2.05) is 28.8 Å². The van der Waals surface area contributed by atoms with Crippen molar-refractivity contribution in [2.45, 2.75) is 77.3 Å². The molecular formula is C23H30N4O2. The number of rotatable bonds is 5. The second-order valence-corrected chi connectivity index (χ2v) is 8.15. The van der Waals surface area contributed by atoms with Gasteiger partial charge in [0.1, 0.15) is 0 Å². The smallest absolute Gasteiger partial charge is 0.287 e. The Labute approximate surface area is 172 Å². The summed E-state index contributed by atoms with van der Waals surface area (Å²) in [5, 5.41) is 6.09. The Morgan fingerprint density at radius 2 is 1.79 bits per heavy atom. The minimum absolute atomic E-state index is 0.147. The van der Waals surface area contributed by atoms with Gasteiger partial charge in [-0.15, -0.1) is 0 Å². The Morgan fingerprint density at radius 1 is 1.03 bits per heavy atom. The van der Waals surface area contributed by atoms with Crippen LogP contribution in [0.3, 0.4) is 0 Å². The lowest BCUT2D eigenvalue weighted by Gasteiger charge is -2.23. The zero-order chi connectivity index (χ0) is 20.2. The molecule has 6 nitrogen and oxygen atoms in total. The van der Waals surface area contributed by atoms with E-state index in [1.54, 1.807) is 0 Å². The van der Waals surface area contributed by atoms with Crippen LogP contribution in [0.1, 0.15) is 84.2 Å². The molecule has 2 heterocycles. The van der Waals surface area contributed by atoms with Gasteiger partial charge >= 0.3 is 0 Å². The predicted molar refractivity (Wildman–Crippen MR) is 113 cm³/mol. The van der Waals surface area contributed by atoms with Crippen molar-refractivity contribution in [2.75, 3.05) is 5.32 Å². The predicted octanol–water partition coefficient (Wildman–Crippen LogP) is 4.10. The van der Waals surface area contributed by atoms with Gasteiger partial charge in [-0.3, -0.25) is 9.59 Å². The first-order valence-electron chi connectivity index (χ1n) is 11.0. The third kappa shape index (κ3) is 4.36. The molecule has 0 saturated heterocycles. The second kappa shape index (κ2) is 8.80. The summed E-state index contributed by atoms with van der Waals surface area (Å²) in [7, 11) is 0. The van der Waals surface area contributed by atoms with Gasteiger partial charge in [-0.25, -0.2) is 4.98 Å². The van der Waals surface area contributed by atoms with Crippen LogP contribution in [0.25, 0.3) is 0 Å². The van der Waals surface area contributed by atoms with Crippen LogP contribution in [0.15, 0.2) is 24.3 Å². The fraction of sp³-hybridized carbons (Fsp3) is 0.522. The van der Waals surface area contributed by atoms with E-state index in [0.29, 0.717) is 11.5 Å². The van der Waals surface area contributed by atoms with Crippen molar-refractivity contribution < 1.29 is 9.59 Å². The van der Waals surface area contributed by atoms with Gasteiger partial charge < -0.3 is 15.2 Å². The second-order valence-electron chi connectivity index (χ2n) is 8.15. The summed E-state index contributed by atoms with van der Waals surface area (Å²) in [5.74, 6) is -0.000215. The molecule has 0 unspecified atom stereocenters. The zero-order valence-corrected chi connectivity index (χ0v) is 17.2. The highest BCUT2D eigenvalue weighted by Gasteiger charge is 2.28.